The predicted molar refractivity (Wildman–Crippen MR) is 52.5 cm³/mol. The molecule has 0 bridgehead atoms. The fourth-order valence-electron chi connectivity index (χ4n) is 0.761. The third kappa shape index (κ3) is 1.32. The van der Waals surface area contributed by atoms with E-state index in [1.807, 2.05) is 0 Å². The molecule has 4 nitrogen and oxygen atoms in total. The average molecular weight is 311 g/mol. The molecule has 0 fully saturated rings. The van der Waals surface area contributed by atoms with Gasteiger partial charge in [0, 0.05) is 6.07 Å². The zero-order valence-corrected chi connectivity index (χ0v) is 9.48. The minimum Gasteiger partial charge on any atom is -0.267 e. The molecular formula is C5HBr2N3OS. The van der Waals surface area contributed by atoms with Gasteiger partial charge in [-0.25, -0.2) is 4.98 Å². The van der Waals surface area contributed by atoms with Crippen LogP contribution >= 0.6 is 43.2 Å². The highest BCUT2D eigenvalue weighted by molar-refractivity contribution is 9.11. The van der Waals surface area contributed by atoms with Crippen LogP contribution in [-0.2, 0) is 0 Å². The van der Waals surface area contributed by atoms with Crippen LogP contribution in [0.4, 0.5) is 0 Å². The zero-order valence-electron chi connectivity index (χ0n) is 5.49. The van der Waals surface area contributed by atoms with Crippen LogP contribution in [0.25, 0.3) is 4.96 Å². The minimum absolute atomic E-state index is 0.186. The molecular weight excluding hydrogens is 310 g/mol. The molecule has 0 aliphatic heterocycles. The molecule has 0 saturated carbocycles. The van der Waals surface area contributed by atoms with Gasteiger partial charge in [0.15, 0.2) is 3.92 Å². The van der Waals surface area contributed by atoms with Gasteiger partial charge in [0.1, 0.15) is 4.60 Å². The van der Waals surface area contributed by atoms with E-state index in [-0.39, 0.29) is 5.56 Å². The molecule has 0 unspecified atom stereocenters. The van der Waals surface area contributed by atoms with Crippen LogP contribution in [0.15, 0.2) is 19.4 Å². The van der Waals surface area contributed by atoms with E-state index in [1.54, 1.807) is 0 Å². The molecule has 12 heavy (non-hydrogen) atoms. The largest absolute Gasteiger partial charge is 0.276 e. The Hall–Kier alpha value is -0.270. The van der Waals surface area contributed by atoms with Gasteiger partial charge in [-0.3, -0.25) is 4.79 Å². The molecule has 0 aromatic carbocycles. The van der Waals surface area contributed by atoms with E-state index in [9.17, 15) is 4.79 Å². The quantitative estimate of drug-likeness (QED) is 0.696. The van der Waals surface area contributed by atoms with Gasteiger partial charge in [0.05, 0.1) is 0 Å². The van der Waals surface area contributed by atoms with E-state index < -0.39 is 0 Å². The minimum atomic E-state index is -0.186. The van der Waals surface area contributed by atoms with Crippen molar-refractivity contribution >= 4 is 48.2 Å². The van der Waals surface area contributed by atoms with Crippen molar-refractivity contribution in [1.82, 2.24) is 14.6 Å². The molecule has 2 aromatic rings. The summed E-state index contributed by atoms with van der Waals surface area (Å²) in [6.07, 6.45) is 0. The second-order valence-electron chi connectivity index (χ2n) is 1.97. The van der Waals surface area contributed by atoms with Gasteiger partial charge in [0.25, 0.3) is 5.56 Å². The van der Waals surface area contributed by atoms with Crippen LogP contribution < -0.4 is 5.56 Å². The SMILES string of the molecule is O=c1cc(Br)nc2sc(Br)nn12. The number of aromatic nitrogens is 3. The maximum Gasteiger partial charge on any atom is 0.276 e. The van der Waals surface area contributed by atoms with Gasteiger partial charge in [-0.2, -0.15) is 4.52 Å². The van der Waals surface area contributed by atoms with Crippen LogP contribution in [0.1, 0.15) is 0 Å². The third-order valence-electron chi connectivity index (χ3n) is 1.19. The number of fused-ring (bicyclic) bond motifs is 1. The molecule has 2 rings (SSSR count). The average Bonchev–Trinajstić information content (AvgIpc) is 2.29. The van der Waals surface area contributed by atoms with Crippen molar-refractivity contribution in [3.8, 4) is 0 Å². The molecule has 0 amide bonds. The monoisotopic (exact) mass is 309 g/mol. The van der Waals surface area contributed by atoms with Crippen LogP contribution in [0.2, 0.25) is 0 Å². The summed E-state index contributed by atoms with van der Waals surface area (Å²) in [7, 11) is 0. The van der Waals surface area contributed by atoms with E-state index in [0.717, 1.165) is 0 Å². The van der Waals surface area contributed by atoms with Crippen molar-refractivity contribution in [2.75, 3.05) is 0 Å². The summed E-state index contributed by atoms with van der Waals surface area (Å²) in [5, 5.41) is 3.91. The lowest BCUT2D eigenvalue weighted by Crippen LogP contribution is -2.13. The molecule has 2 heterocycles. The maximum absolute atomic E-state index is 11.2. The van der Waals surface area contributed by atoms with Crippen molar-refractivity contribution in [2.45, 2.75) is 0 Å². The number of hydrogen-bond donors (Lipinski definition) is 0. The van der Waals surface area contributed by atoms with E-state index in [1.165, 1.54) is 21.9 Å². The molecule has 0 radical (unpaired) electrons. The standard InChI is InChI=1S/C5HBr2N3OS/c6-2-1-3(11)10-5(8-2)12-4(7)9-10/h1H. The third-order valence-corrected chi connectivity index (χ3v) is 2.94. The first kappa shape index (κ1) is 8.33. The molecule has 0 saturated heterocycles. The number of halogens is 2. The fourth-order valence-corrected chi connectivity index (χ4v) is 2.47. The molecule has 62 valence electrons. The maximum atomic E-state index is 11.2. The highest BCUT2D eigenvalue weighted by Crippen LogP contribution is 2.17. The summed E-state index contributed by atoms with van der Waals surface area (Å²) in [5.41, 5.74) is -0.186. The molecule has 7 heteroatoms. The van der Waals surface area contributed by atoms with Crippen molar-refractivity contribution in [2.24, 2.45) is 0 Å². The zero-order chi connectivity index (χ0) is 8.72. The highest BCUT2D eigenvalue weighted by Gasteiger charge is 2.04. The Balaban J connectivity index is 2.98. The fraction of sp³-hybridized carbons (Fsp3) is 0. The summed E-state index contributed by atoms with van der Waals surface area (Å²) < 4.78 is 2.42. The second-order valence-corrected chi connectivity index (χ2v) is 5.01. The summed E-state index contributed by atoms with van der Waals surface area (Å²) in [6, 6.07) is 1.37. The Morgan fingerprint density at radius 2 is 2.25 bits per heavy atom. The number of nitrogens with zero attached hydrogens (tertiary/aromatic N) is 3. The van der Waals surface area contributed by atoms with Crippen molar-refractivity contribution in [3.63, 3.8) is 0 Å². The lowest BCUT2D eigenvalue weighted by molar-refractivity contribution is 0.884. The molecule has 0 N–H and O–H groups in total. The molecule has 0 spiro atoms. The summed E-state index contributed by atoms with van der Waals surface area (Å²) in [5.74, 6) is 0. The lowest BCUT2D eigenvalue weighted by atomic mass is 10.7. The van der Waals surface area contributed by atoms with Crippen molar-refractivity contribution in [1.29, 1.82) is 0 Å². The van der Waals surface area contributed by atoms with Gasteiger partial charge in [-0.1, -0.05) is 11.3 Å². The molecule has 2 aromatic heterocycles. The number of rotatable bonds is 0. The van der Waals surface area contributed by atoms with Crippen LogP contribution in [-0.4, -0.2) is 14.6 Å². The lowest BCUT2D eigenvalue weighted by Gasteiger charge is -1.88. The molecule has 0 aliphatic rings. The first-order valence-electron chi connectivity index (χ1n) is 2.89. The van der Waals surface area contributed by atoms with E-state index in [2.05, 4.69) is 41.9 Å². The first-order valence-corrected chi connectivity index (χ1v) is 5.29. The van der Waals surface area contributed by atoms with Crippen LogP contribution in [0.5, 0.6) is 0 Å². The van der Waals surface area contributed by atoms with E-state index in [4.69, 9.17) is 0 Å². The second kappa shape index (κ2) is 2.90. The Morgan fingerprint density at radius 1 is 1.50 bits per heavy atom. The predicted octanol–water partition coefficient (Wildman–Crippen LogP) is 1.68. The normalized spacial score (nSPS) is 10.8. The Bertz CT molecular complexity index is 491. The first-order chi connectivity index (χ1) is 5.66. The Labute approximate surface area is 87.5 Å². The van der Waals surface area contributed by atoms with Crippen molar-refractivity contribution in [3.05, 3.63) is 24.9 Å². The number of hydrogen-bond acceptors (Lipinski definition) is 4. The van der Waals surface area contributed by atoms with Gasteiger partial charge in [-0.15, -0.1) is 5.10 Å². The van der Waals surface area contributed by atoms with Crippen molar-refractivity contribution < 1.29 is 0 Å². The smallest absolute Gasteiger partial charge is 0.267 e. The Morgan fingerprint density at radius 3 is 3.00 bits per heavy atom. The van der Waals surface area contributed by atoms with E-state index >= 15 is 0 Å². The molecule has 0 aliphatic carbocycles. The van der Waals surface area contributed by atoms with Gasteiger partial charge in [0.2, 0.25) is 4.96 Å². The Kier molecular flexibility index (Phi) is 2.01. The summed E-state index contributed by atoms with van der Waals surface area (Å²) in [4.78, 5) is 15.9. The van der Waals surface area contributed by atoms with Gasteiger partial charge >= 0.3 is 0 Å². The summed E-state index contributed by atoms with van der Waals surface area (Å²) in [6.45, 7) is 0. The van der Waals surface area contributed by atoms with Gasteiger partial charge in [-0.05, 0) is 31.9 Å². The topological polar surface area (TPSA) is 47.3 Å². The van der Waals surface area contributed by atoms with Gasteiger partial charge < -0.3 is 0 Å². The summed E-state index contributed by atoms with van der Waals surface area (Å²) >= 11 is 7.62. The molecule has 0 atom stereocenters. The highest BCUT2D eigenvalue weighted by atomic mass is 79.9. The van der Waals surface area contributed by atoms with E-state index in [0.29, 0.717) is 13.5 Å². The van der Waals surface area contributed by atoms with Crippen LogP contribution in [0.3, 0.4) is 0 Å². The van der Waals surface area contributed by atoms with Crippen LogP contribution in [0, 0.1) is 0 Å².